The van der Waals surface area contributed by atoms with Gasteiger partial charge < -0.3 is 4.90 Å². The summed E-state index contributed by atoms with van der Waals surface area (Å²) in [6, 6.07) is 3.90. The molecule has 31 heavy (non-hydrogen) atoms. The molecule has 4 rings (SSSR count). The zero-order valence-electron chi connectivity index (χ0n) is 17.3. The summed E-state index contributed by atoms with van der Waals surface area (Å²) in [5.74, 6) is -0.0295. The minimum atomic E-state index is -4.14. The van der Waals surface area contributed by atoms with E-state index >= 15 is 0 Å². The fourth-order valence-corrected chi connectivity index (χ4v) is 3.99. The predicted octanol–water partition coefficient (Wildman–Crippen LogP) is 3.81. The third kappa shape index (κ3) is 5.46. The molecule has 0 N–H and O–H groups in total. The minimum Gasteiger partial charge on any atom is -0.303 e. The first-order valence-electron chi connectivity index (χ1n) is 10.3. The van der Waals surface area contributed by atoms with E-state index in [1.807, 2.05) is 25.4 Å². The van der Waals surface area contributed by atoms with E-state index in [9.17, 15) is 18.0 Å². The first-order chi connectivity index (χ1) is 14.8. The third-order valence-electron chi connectivity index (χ3n) is 5.77. The summed E-state index contributed by atoms with van der Waals surface area (Å²) < 4.78 is 38.9. The number of alkyl halides is 3. The quantitative estimate of drug-likeness (QED) is 0.594. The first-order valence-corrected chi connectivity index (χ1v) is 10.3. The standard InChI is InChI=1S/C22H24F3N5O/c1-29-14-18(12-28-29)17-8-16-9-19(26-13-20(16)27-11-17)10-21(31)15-2-5-30(6-3-15)7-4-22(23,24)25/h8-9,11-15H,2-7,10H2,1H3. The number of carbonyl (C=O) groups is 1. The lowest BCUT2D eigenvalue weighted by Crippen LogP contribution is -2.38. The molecular formula is C22H24F3N5O. The smallest absolute Gasteiger partial charge is 0.303 e. The molecule has 0 aliphatic carbocycles. The molecule has 0 radical (unpaired) electrons. The Hall–Kier alpha value is -2.81. The molecular weight excluding hydrogens is 407 g/mol. The van der Waals surface area contributed by atoms with Crippen LogP contribution in [0.2, 0.25) is 0 Å². The maximum absolute atomic E-state index is 12.8. The molecule has 1 saturated heterocycles. The van der Waals surface area contributed by atoms with E-state index in [0.29, 0.717) is 31.6 Å². The number of likely N-dealkylation sites (tertiary alicyclic amines) is 1. The highest BCUT2D eigenvalue weighted by Gasteiger charge is 2.30. The summed E-state index contributed by atoms with van der Waals surface area (Å²) in [7, 11) is 1.85. The van der Waals surface area contributed by atoms with Crippen LogP contribution in [-0.2, 0) is 18.3 Å². The number of hydrogen-bond acceptors (Lipinski definition) is 5. The van der Waals surface area contributed by atoms with Crippen LogP contribution in [0.1, 0.15) is 25.0 Å². The largest absolute Gasteiger partial charge is 0.390 e. The maximum Gasteiger partial charge on any atom is 0.390 e. The summed E-state index contributed by atoms with van der Waals surface area (Å²) in [6.07, 6.45) is 3.60. The minimum absolute atomic E-state index is 0.00289. The molecule has 0 amide bonds. The topological polar surface area (TPSA) is 63.9 Å². The molecule has 0 atom stereocenters. The fourth-order valence-electron chi connectivity index (χ4n) is 3.99. The van der Waals surface area contributed by atoms with E-state index in [4.69, 9.17) is 0 Å². The van der Waals surface area contributed by atoms with Gasteiger partial charge in [0.25, 0.3) is 0 Å². The number of aromatic nitrogens is 4. The lowest BCUT2D eigenvalue weighted by atomic mass is 9.90. The van der Waals surface area contributed by atoms with Crippen LogP contribution >= 0.6 is 0 Å². The molecule has 3 aromatic heterocycles. The molecule has 6 nitrogen and oxygen atoms in total. The Kier molecular flexibility index (Phi) is 6.04. The number of ketones is 1. The van der Waals surface area contributed by atoms with Gasteiger partial charge in [0.15, 0.2) is 0 Å². The SMILES string of the molecule is Cn1cc(-c2cnc3cnc(CC(=O)C4CCN(CCC(F)(F)F)CC4)cc3c2)cn1. The number of piperidine rings is 1. The predicted molar refractivity (Wildman–Crippen MR) is 110 cm³/mol. The van der Waals surface area contributed by atoms with Gasteiger partial charge in [-0.1, -0.05) is 0 Å². The van der Waals surface area contributed by atoms with Gasteiger partial charge in [0.2, 0.25) is 0 Å². The van der Waals surface area contributed by atoms with Crippen molar-refractivity contribution >= 4 is 16.7 Å². The van der Waals surface area contributed by atoms with Gasteiger partial charge in [0, 0.05) is 60.5 Å². The number of nitrogens with zero attached hydrogens (tertiary/aromatic N) is 5. The highest BCUT2D eigenvalue weighted by Crippen LogP contribution is 2.25. The van der Waals surface area contributed by atoms with Crippen molar-refractivity contribution in [3.63, 3.8) is 0 Å². The van der Waals surface area contributed by atoms with Gasteiger partial charge in [-0.05, 0) is 38.1 Å². The van der Waals surface area contributed by atoms with Crippen molar-refractivity contribution < 1.29 is 18.0 Å². The second-order valence-electron chi connectivity index (χ2n) is 8.12. The normalized spacial score (nSPS) is 16.1. The molecule has 164 valence electrons. The average Bonchev–Trinajstić information content (AvgIpc) is 3.18. The number of aryl methyl sites for hydroxylation is 1. The van der Waals surface area contributed by atoms with Gasteiger partial charge in [-0.15, -0.1) is 0 Å². The van der Waals surface area contributed by atoms with Crippen LogP contribution in [0, 0.1) is 5.92 Å². The van der Waals surface area contributed by atoms with Crippen molar-refractivity contribution in [1.82, 2.24) is 24.6 Å². The number of rotatable bonds is 6. The number of pyridine rings is 2. The molecule has 0 saturated carbocycles. The molecule has 0 spiro atoms. The zero-order chi connectivity index (χ0) is 22.0. The molecule has 0 bridgehead atoms. The van der Waals surface area contributed by atoms with Crippen LogP contribution in [0.25, 0.3) is 22.0 Å². The third-order valence-corrected chi connectivity index (χ3v) is 5.77. The van der Waals surface area contributed by atoms with Crippen LogP contribution in [0.15, 0.2) is 36.9 Å². The van der Waals surface area contributed by atoms with Crippen LogP contribution in [0.3, 0.4) is 0 Å². The van der Waals surface area contributed by atoms with Gasteiger partial charge in [0.1, 0.15) is 5.78 Å². The van der Waals surface area contributed by atoms with Crippen molar-refractivity contribution in [3.05, 3.63) is 42.6 Å². The lowest BCUT2D eigenvalue weighted by molar-refractivity contribution is -0.139. The van der Waals surface area contributed by atoms with Gasteiger partial charge in [-0.25, -0.2) is 0 Å². The zero-order valence-corrected chi connectivity index (χ0v) is 17.3. The fraction of sp³-hybridized carbons (Fsp3) is 0.455. The van der Waals surface area contributed by atoms with Crippen molar-refractivity contribution in [2.24, 2.45) is 13.0 Å². The van der Waals surface area contributed by atoms with Crippen molar-refractivity contribution in [2.75, 3.05) is 19.6 Å². The number of halogens is 3. The Balaban J connectivity index is 1.38. The van der Waals surface area contributed by atoms with E-state index in [0.717, 1.165) is 22.0 Å². The van der Waals surface area contributed by atoms with E-state index in [-0.39, 0.29) is 24.7 Å². The van der Waals surface area contributed by atoms with Gasteiger partial charge in [-0.2, -0.15) is 18.3 Å². The summed E-state index contributed by atoms with van der Waals surface area (Å²) >= 11 is 0. The molecule has 3 aromatic rings. The second kappa shape index (κ2) is 8.74. The van der Waals surface area contributed by atoms with Crippen LogP contribution < -0.4 is 0 Å². The summed E-state index contributed by atoms with van der Waals surface area (Å²) in [4.78, 5) is 23.4. The lowest BCUT2D eigenvalue weighted by Gasteiger charge is -2.31. The molecule has 1 fully saturated rings. The summed E-state index contributed by atoms with van der Waals surface area (Å²) in [5.41, 5.74) is 3.34. The number of carbonyl (C=O) groups excluding carboxylic acids is 1. The van der Waals surface area contributed by atoms with Crippen molar-refractivity contribution in [2.45, 2.75) is 31.9 Å². The van der Waals surface area contributed by atoms with E-state index in [2.05, 4.69) is 15.1 Å². The first kappa shape index (κ1) is 21.4. The maximum atomic E-state index is 12.8. The Bertz CT molecular complexity index is 1070. The summed E-state index contributed by atoms with van der Waals surface area (Å²) in [6.45, 7) is 1.05. The number of hydrogen-bond donors (Lipinski definition) is 0. The highest BCUT2D eigenvalue weighted by atomic mass is 19.4. The number of Topliss-reactive ketones (excluding diaryl/α,β-unsaturated/α-hetero) is 1. The van der Waals surface area contributed by atoms with Gasteiger partial charge in [0.05, 0.1) is 24.3 Å². The average molecular weight is 431 g/mol. The Labute approximate surface area is 178 Å². The van der Waals surface area contributed by atoms with E-state index in [1.165, 1.54) is 0 Å². The Morgan fingerprint density at radius 2 is 1.87 bits per heavy atom. The molecule has 0 aromatic carbocycles. The van der Waals surface area contributed by atoms with Gasteiger partial charge in [-0.3, -0.25) is 19.4 Å². The van der Waals surface area contributed by atoms with Crippen LogP contribution in [0.5, 0.6) is 0 Å². The monoisotopic (exact) mass is 431 g/mol. The summed E-state index contributed by atoms with van der Waals surface area (Å²) in [5, 5.41) is 5.09. The molecule has 1 aliphatic rings. The van der Waals surface area contributed by atoms with Crippen LogP contribution in [-0.4, -0.2) is 56.2 Å². The van der Waals surface area contributed by atoms with Crippen LogP contribution in [0.4, 0.5) is 13.2 Å². The molecule has 4 heterocycles. The second-order valence-corrected chi connectivity index (χ2v) is 8.12. The van der Waals surface area contributed by atoms with Crippen molar-refractivity contribution in [1.29, 1.82) is 0 Å². The molecule has 1 aliphatic heterocycles. The Morgan fingerprint density at radius 1 is 1.10 bits per heavy atom. The molecule has 9 heteroatoms. The Morgan fingerprint density at radius 3 is 2.55 bits per heavy atom. The molecule has 0 unspecified atom stereocenters. The van der Waals surface area contributed by atoms with E-state index < -0.39 is 12.6 Å². The van der Waals surface area contributed by atoms with E-state index in [1.54, 1.807) is 28.2 Å². The highest BCUT2D eigenvalue weighted by molar-refractivity contribution is 5.86. The van der Waals surface area contributed by atoms with Crippen molar-refractivity contribution in [3.8, 4) is 11.1 Å². The van der Waals surface area contributed by atoms with Gasteiger partial charge >= 0.3 is 6.18 Å². The number of fused-ring (bicyclic) bond motifs is 1.